The number of rotatable bonds is 6. The van der Waals surface area contributed by atoms with Gasteiger partial charge in [0.1, 0.15) is 0 Å². The first kappa shape index (κ1) is 12.6. The predicted octanol–water partition coefficient (Wildman–Crippen LogP) is 2.46. The molecule has 0 spiro atoms. The number of likely N-dealkylation sites (N-methyl/N-ethyl adjacent to an activating group) is 1. The molecule has 1 aromatic carbocycles. The molecule has 1 aliphatic carbocycles. The van der Waals surface area contributed by atoms with E-state index in [4.69, 9.17) is 5.73 Å². The van der Waals surface area contributed by atoms with Crippen LogP contribution in [0.25, 0.3) is 0 Å². The second kappa shape index (κ2) is 5.65. The topological polar surface area (TPSA) is 29.3 Å². The maximum atomic E-state index is 5.97. The summed E-state index contributed by atoms with van der Waals surface area (Å²) in [6.45, 7) is 4.23. The van der Waals surface area contributed by atoms with Crippen molar-refractivity contribution in [3.8, 4) is 0 Å². The van der Waals surface area contributed by atoms with E-state index in [9.17, 15) is 0 Å². The van der Waals surface area contributed by atoms with Crippen molar-refractivity contribution < 1.29 is 0 Å². The van der Waals surface area contributed by atoms with Gasteiger partial charge in [0.25, 0.3) is 0 Å². The van der Waals surface area contributed by atoms with Crippen LogP contribution in [-0.4, -0.2) is 31.1 Å². The van der Waals surface area contributed by atoms with Crippen molar-refractivity contribution in [3.05, 3.63) is 35.9 Å². The van der Waals surface area contributed by atoms with Crippen molar-refractivity contribution in [3.63, 3.8) is 0 Å². The van der Waals surface area contributed by atoms with Crippen molar-refractivity contribution in [1.82, 2.24) is 4.90 Å². The maximum absolute atomic E-state index is 5.97. The Morgan fingerprint density at radius 2 is 1.94 bits per heavy atom. The Bertz CT molecular complexity index is 332. The number of hydrogen-bond donors (Lipinski definition) is 1. The van der Waals surface area contributed by atoms with Gasteiger partial charge in [-0.25, -0.2) is 0 Å². The van der Waals surface area contributed by atoms with E-state index < -0.39 is 0 Å². The molecule has 17 heavy (non-hydrogen) atoms. The normalized spacial score (nSPS) is 19.3. The molecule has 1 fully saturated rings. The smallest absolute Gasteiger partial charge is 0.0281 e. The van der Waals surface area contributed by atoms with Crippen LogP contribution in [-0.2, 0) is 0 Å². The zero-order valence-electron chi connectivity index (χ0n) is 11.0. The lowest BCUT2D eigenvalue weighted by molar-refractivity contribution is 0.212. The van der Waals surface area contributed by atoms with E-state index in [0.29, 0.717) is 12.0 Å². The molecule has 94 valence electrons. The summed E-state index contributed by atoms with van der Waals surface area (Å²) in [6, 6.07) is 11.2. The van der Waals surface area contributed by atoms with Crippen LogP contribution < -0.4 is 5.73 Å². The van der Waals surface area contributed by atoms with Gasteiger partial charge >= 0.3 is 0 Å². The summed E-state index contributed by atoms with van der Waals surface area (Å²) in [7, 11) is 2.22. The minimum atomic E-state index is 0.456. The quantitative estimate of drug-likeness (QED) is 0.816. The van der Waals surface area contributed by atoms with Gasteiger partial charge in [0.05, 0.1) is 0 Å². The predicted molar refractivity (Wildman–Crippen MR) is 73.1 cm³/mol. The van der Waals surface area contributed by atoms with Gasteiger partial charge < -0.3 is 10.6 Å². The molecule has 0 aliphatic heterocycles. The van der Waals surface area contributed by atoms with Crippen LogP contribution in [0.15, 0.2) is 30.3 Å². The van der Waals surface area contributed by atoms with Crippen LogP contribution >= 0.6 is 0 Å². The van der Waals surface area contributed by atoms with Crippen molar-refractivity contribution in [2.45, 2.75) is 31.7 Å². The molecule has 0 saturated heterocycles. The second-order valence-corrected chi connectivity index (χ2v) is 5.39. The van der Waals surface area contributed by atoms with Crippen LogP contribution in [0.5, 0.6) is 0 Å². The highest BCUT2D eigenvalue weighted by molar-refractivity contribution is 5.20. The standard InChI is InChI=1S/C15H24N2/c1-12(14-6-4-3-5-7-14)15(10-16)17(2)11-13-8-9-13/h3-7,12-13,15H,8-11,16H2,1-2H3. The fourth-order valence-electron chi connectivity index (χ4n) is 2.59. The molecule has 0 aromatic heterocycles. The monoisotopic (exact) mass is 232 g/mol. The van der Waals surface area contributed by atoms with Gasteiger partial charge in [0.2, 0.25) is 0 Å². The Hall–Kier alpha value is -0.860. The van der Waals surface area contributed by atoms with Gasteiger partial charge in [-0.3, -0.25) is 0 Å². The van der Waals surface area contributed by atoms with Crippen LogP contribution in [0.1, 0.15) is 31.2 Å². The Kier molecular flexibility index (Phi) is 4.19. The zero-order valence-corrected chi connectivity index (χ0v) is 11.0. The SMILES string of the molecule is CC(c1ccccc1)C(CN)N(C)CC1CC1. The van der Waals surface area contributed by atoms with E-state index in [0.717, 1.165) is 12.5 Å². The molecule has 2 heteroatoms. The number of benzene rings is 1. The third-order valence-electron chi connectivity index (χ3n) is 3.95. The van der Waals surface area contributed by atoms with Gasteiger partial charge in [-0.2, -0.15) is 0 Å². The van der Waals surface area contributed by atoms with Crippen molar-refractivity contribution >= 4 is 0 Å². The third-order valence-corrected chi connectivity index (χ3v) is 3.95. The lowest BCUT2D eigenvalue weighted by Gasteiger charge is -2.32. The minimum Gasteiger partial charge on any atom is -0.329 e. The summed E-state index contributed by atoms with van der Waals surface area (Å²) in [5, 5.41) is 0. The lowest BCUT2D eigenvalue weighted by atomic mass is 9.92. The molecular weight excluding hydrogens is 208 g/mol. The van der Waals surface area contributed by atoms with Crippen molar-refractivity contribution in [2.24, 2.45) is 11.7 Å². The van der Waals surface area contributed by atoms with Crippen LogP contribution in [0, 0.1) is 5.92 Å². The molecule has 2 unspecified atom stereocenters. The highest BCUT2D eigenvalue weighted by Crippen LogP contribution is 2.31. The number of nitrogens with two attached hydrogens (primary N) is 1. The molecule has 2 atom stereocenters. The van der Waals surface area contributed by atoms with E-state index in [-0.39, 0.29) is 0 Å². The Balaban J connectivity index is 2.01. The first-order chi connectivity index (χ1) is 8.22. The van der Waals surface area contributed by atoms with E-state index in [2.05, 4.69) is 49.2 Å². The molecule has 0 heterocycles. The summed E-state index contributed by atoms with van der Waals surface area (Å²) >= 11 is 0. The van der Waals surface area contributed by atoms with Crippen molar-refractivity contribution in [2.75, 3.05) is 20.1 Å². The maximum Gasteiger partial charge on any atom is 0.0281 e. The molecule has 1 saturated carbocycles. The summed E-state index contributed by atoms with van der Waals surface area (Å²) < 4.78 is 0. The van der Waals surface area contributed by atoms with Gasteiger partial charge in [0.15, 0.2) is 0 Å². The van der Waals surface area contributed by atoms with Gasteiger partial charge in [-0.05, 0) is 37.3 Å². The summed E-state index contributed by atoms with van der Waals surface area (Å²) in [4.78, 5) is 2.45. The summed E-state index contributed by atoms with van der Waals surface area (Å²) in [6.07, 6.45) is 2.81. The van der Waals surface area contributed by atoms with Crippen LogP contribution in [0.4, 0.5) is 0 Å². The molecular formula is C15H24N2. The first-order valence-corrected chi connectivity index (χ1v) is 6.67. The third kappa shape index (κ3) is 3.30. The van der Waals surface area contributed by atoms with E-state index in [1.807, 2.05) is 0 Å². The number of nitrogens with zero attached hydrogens (tertiary/aromatic N) is 1. The van der Waals surface area contributed by atoms with Gasteiger partial charge in [0, 0.05) is 19.1 Å². The number of hydrogen-bond acceptors (Lipinski definition) is 2. The molecule has 0 bridgehead atoms. The first-order valence-electron chi connectivity index (χ1n) is 6.67. The average molecular weight is 232 g/mol. The average Bonchev–Trinajstić information content (AvgIpc) is 3.15. The second-order valence-electron chi connectivity index (χ2n) is 5.39. The molecule has 0 radical (unpaired) electrons. The Morgan fingerprint density at radius 1 is 1.29 bits per heavy atom. The molecule has 1 aromatic rings. The molecule has 1 aliphatic rings. The highest BCUT2D eigenvalue weighted by Gasteiger charge is 2.28. The van der Waals surface area contributed by atoms with Crippen molar-refractivity contribution in [1.29, 1.82) is 0 Å². The van der Waals surface area contributed by atoms with Gasteiger partial charge in [-0.1, -0.05) is 37.3 Å². The summed E-state index contributed by atoms with van der Waals surface area (Å²) in [5.41, 5.74) is 7.36. The largest absolute Gasteiger partial charge is 0.329 e. The van der Waals surface area contributed by atoms with E-state index >= 15 is 0 Å². The Morgan fingerprint density at radius 3 is 2.47 bits per heavy atom. The van der Waals surface area contributed by atoms with Crippen LogP contribution in [0.2, 0.25) is 0 Å². The zero-order chi connectivity index (χ0) is 12.3. The highest BCUT2D eigenvalue weighted by atomic mass is 15.1. The van der Waals surface area contributed by atoms with E-state index in [1.165, 1.54) is 24.9 Å². The fourth-order valence-corrected chi connectivity index (χ4v) is 2.59. The lowest BCUT2D eigenvalue weighted by Crippen LogP contribution is -2.42. The Labute approximate surface area is 105 Å². The van der Waals surface area contributed by atoms with Crippen LogP contribution in [0.3, 0.4) is 0 Å². The summed E-state index contributed by atoms with van der Waals surface area (Å²) in [5.74, 6) is 1.43. The molecule has 2 N–H and O–H groups in total. The fraction of sp³-hybridized carbons (Fsp3) is 0.600. The molecule has 0 amide bonds. The molecule has 2 nitrogen and oxygen atoms in total. The van der Waals surface area contributed by atoms with Gasteiger partial charge in [-0.15, -0.1) is 0 Å². The minimum absolute atomic E-state index is 0.456. The van der Waals surface area contributed by atoms with E-state index in [1.54, 1.807) is 0 Å². The molecule has 2 rings (SSSR count).